The number of ether oxygens (including phenoxy) is 1. The Balaban J connectivity index is 2.32. The third-order valence-corrected chi connectivity index (χ3v) is 1.46. The Hall–Kier alpha value is -0.350. The van der Waals surface area contributed by atoms with Crippen molar-refractivity contribution in [3.63, 3.8) is 0 Å². The predicted octanol–water partition coefficient (Wildman–Crippen LogP) is 0.312. The summed E-state index contributed by atoms with van der Waals surface area (Å²) in [5.74, 6) is 0. The lowest BCUT2D eigenvalue weighted by atomic mass is 10.6. The van der Waals surface area contributed by atoms with E-state index in [1.54, 1.807) is 6.26 Å². The molecule has 0 aromatic carbocycles. The molecule has 0 spiro atoms. The van der Waals surface area contributed by atoms with Gasteiger partial charge in [0.15, 0.2) is 0 Å². The van der Waals surface area contributed by atoms with Gasteiger partial charge in [0.05, 0.1) is 12.8 Å². The molecule has 0 bridgehead atoms. The van der Waals surface area contributed by atoms with E-state index in [-0.39, 0.29) is 0 Å². The third-order valence-electron chi connectivity index (χ3n) is 0.888. The lowest BCUT2D eigenvalue weighted by Gasteiger charge is -2.18. The summed E-state index contributed by atoms with van der Waals surface area (Å²) in [7, 11) is 0. The van der Waals surface area contributed by atoms with Crippen molar-refractivity contribution >= 4 is 12.1 Å². The van der Waals surface area contributed by atoms with Gasteiger partial charge in [0.1, 0.15) is 6.61 Å². The first-order valence-corrected chi connectivity index (χ1v) is 3.19. The van der Waals surface area contributed by atoms with Crippen LogP contribution in [0.1, 0.15) is 0 Å². The molecule has 8 heavy (non-hydrogen) atoms. The summed E-state index contributed by atoms with van der Waals surface area (Å²) in [5.41, 5.74) is 0. The Morgan fingerprint density at radius 2 is 2.62 bits per heavy atom. The van der Waals surface area contributed by atoms with Gasteiger partial charge in [0.2, 0.25) is 0 Å². The van der Waals surface area contributed by atoms with E-state index >= 15 is 0 Å². The van der Waals surface area contributed by atoms with Crippen LogP contribution in [-0.2, 0) is 4.74 Å². The molecule has 0 radical (unpaired) electrons. The van der Waals surface area contributed by atoms with Gasteiger partial charge in [-0.2, -0.15) is 0 Å². The van der Waals surface area contributed by atoms with Crippen molar-refractivity contribution in [3.05, 3.63) is 12.5 Å². The summed E-state index contributed by atoms with van der Waals surface area (Å²) in [6.07, 6.45) is 3.46. The zero-order valence-electron chi connectivity index (χ0n) is 4.41. The van der Waals surface area contributed by atoms with E-state index in [2.05, 4.69) is 0 Å². The minimum absolute atomic E-state index is 0.737. The highest BCUT2D eigenvalue weighted by Crippen LogP contribution is 2.04. The second-order valence-corrected chi connectivity index (χ2v) is 2.08. The smallest absolute Gasteiger partial charge is 0.106 e. The summed E-state index contributed by atoms with van der Waals surface area (Å²) in [6, 6.07) is 0. The number of hydrogen-bond acceptors (Lipinski definition) is 4. The monoisotopic (exact) mass is 132 g/mol. The highest BCUT2D eigenvalue weighted by Gasteiger charge is 1.99. The molecule has 3 nitrogen and oxygen atoms in total. The second-order valence-electron chi connectivity index (χ2n) is 1.40. The van der Waals surface area contributed by atoms with Crippen LogP contribution in [0.3, 0.4) is 0 Å². The van der Waals surface area contributed by atoms with Gasteiger partial charge in [-0.05, 0) is 0 Å². The van der Waals surface area contributed by atoms with Crippen LogP contribution in [-0.4, -0.2) is 17.5 Å². The van der Waals surface area contributed by atoms with E-state index < -0.39 is 0 Å². The van der Waals surface area contributed by atoms with E-state index in [9.17, 15) is 0 Å². The van der Waals surface area contributed by atoms with E-state index in [4.69, 9.17) is 9.88 Å². The minimum Gasteiger partial charge on any atom is -0.498 e. The Morgan fingerprint density at radius 3 is 3.00 bits per heavy atom. The molecular formula is C4H8N2OS. The van der Waals surface area contributed by atoms with E-state index in [1.165, 1.54) is 12.1 Å². The summed E-state index contributed by atoms with van der Waals surface area (Å²) >= 11 is 1.21. The maximum Gasteiger partial charge on any atom is 0.106 e. The molecule has 1 heterocycles. The van der Waals surface area contributed by atoms with Gasteiger partial charge in [-0.3, -0.25) is 5.14 Å². The molecule has 1 rings (SSSR count). The van der Waals surface area contributed by atoms with Crippen molar-refractivity contribution in [2.45, 2.75) is 0 Å². The minimum atomic E-state index is 0.737. The first-order valence-electron chi connectivity index (χ1n) is 2.35. The van der Waals surface area contributed by atoms with Crippen LogP contribution in [0.5, 0.6) is 0 Å². The molecule has 0 saturated carbocycles. The molecule has 0 amide bonds. The van der Waals surface area contributed by atoms with Gasteiger partial charge in [-0.15, -0.1) is 0 Å². The van der Waals surface area contributed by atoms with E-state index in [0.717, 1.165) is 13.2 Å². The average Bonchev–Trinajstić information content (AvgIpc) is 1.90. The van der Waals surface area contributed by atoms with Crippen LogP contribution in [0.25, 0.3) is 0 Å². The van der Waals surface area contributed by atoms with E-state index in [0.29, 0.717) is 0 Å². The molecule has 0 aliphatic carbocycles. The van der Waals surface area contributed by atoms with Crippen LogP contribution < -0.4 is 5.14 Å². The third kappa shape index (κ3) is 1.31. The zero-order valence-corrected chi connectivity index (χ0v) is 5.23. The Morgan fingerprint density at radius 1 is 1.75 bits per heavy atom. The van der Waals surface area contributed by atoms with E-state index in [1.807, 2.05) is 10.5 Å². The Kier molecular flexibility index (Phi) is 2.05. The van der Waals surface area contributed by atoms with Crippen LogP contribution in [0.15, 0.2) is 12.5 Å². The van der Waals surface area contributed by atoms with Crippen molar-refractivity contribution < 1.29 is 4.74 Å². The number of nitrogens with zero attached hydrogens (tertiary/aromatic N) is 1. The van der Waals surface area contributed by atoms with Crippen molar-refractivity contribution in [3.8, 4) is 0 Å². The molecule has 0 atom stereocenters. The molecule has 46 valence electrons. The molecule has 0 aromatic heterocycles. The van der Waals surface area contributed by atoms with Crippen LogP contribution in [0.2, 0.25) is 0 Å². The summed E-state index contributed by atoms with van der Waals surface area (Å²) in [5, 5.41) is 5.24. The molecule has 2 N–H and O–H groups in total. The van der Waals surface area contributed by atoms with Gasteiger partial charge in [-0.25, -0.2) is 0 Å². The van der Waals surface area contributed by atoms with Crippen LogP contribution >= 0.6 is 12.1 Å². The Labute approximate surface area is 52.7 Å². The molecule has 0 fully saturated rings. The van der Waals surface area contributed by atoms with Crippen LogP contribution in [0, 0.1) is 0 Å². The molecule has 4 heteroatoms. The van der Waals surface area contributed by atoms with Crippen LogP contribution in [0.4, 0.5) is 0 Å². The van der Waals surface area contributed by atoms with Gasteiger partial charge in [-0.1, -0.05) is 0 Å². The summed E-state index contributed by atoms with van der Waals surface area (Å²) in [6.45, 7) is 1.61. The molecule has 0 saturated heterocycles. The SMILES string of the molecule is NSN1C=COCC1. The lowest BCUT2D eigenvalue weighted by Crippen LogP contribution is -2.19. The average molecular weight is 132 g/mol. The highest BCUT2D eigenvalue weighted by atomic mass is 32.2. The molecular weight excluding hydrogens is 124 g/mol. The largest absolute Gasteiger partial charge is 0.498 e. The highest BCUT2D eigenvalue weighted by molar-refractivity contribution is 7.94. The summed E-state index contributed by atoms with van der Waals surface area (Å²) < 4.78 is 6.82. The fourth-order valence-electron chi connectivity index (χ4n) is 0.484. The number of rotatable bonds is 1. The zero-order chi connectivity index (χ0) is 5.82. The van der Waals surface area contributed by atoms with Gasteiger partial charge >= 0.3 is 0 Å². The normalized spacial score (nSPS) is 18.4. The standard InChI is InChI=1S/C4H8N2OS/c5-8-6-1-3-7-4-2-6/h1,3H,2,4-5H2. The number of nitrogens with two attached hydrogens (primary N) is 1. The lowest BCUT2D eigenvalue weighted by molar-refractivity contribution is 0.212. The van der Waals surface area contributed by atoms with Gasteiger partial charge < -0.3 is 9.04 Å². The molecule has 1 aliphatic heterocycles. The molecule has 0 unspecified atom stereocenters. The fourth-order valence-corrected chi connectivity index (χ4v) is 0.784. The maximum atomic E-state index is 5.24. The van der Waals surface area contributed by atoms with Crippen molar-refractivity contribution in [1.82, 2.24) is 4.31 Å². The first kappa shape index (κ1) is 5.78. The fraction of sp³-hybridized carbons (Fsp3) is 0.500. The predicted molar refractivity (Wildman–Crippen MR) is 33.6 cm³/mol. The molecule has 0 aromatic rings. The van der Waals surface area contributed by atoms with Crippen molar-refractivity contribution in [2.24, 2.45) is 5.14 Å². The quantitative estimate of drug-likeness (QED) is 0.521. The van der Waals surface area contributed by atoms with Gasteiger partial charge in [0, 0.05) is 18.3 Å². The first-order chi connectivity index (χ1) is 3.93. The molecule has 1 aliphatic rings. The topological polar surface area (TPSA) is 38.5 Å². The second kappa shape index (κ2) is 2.84. The van der Waals surface area contributed by atoms with Crippen molar-refractivity contribution in [1.29, 1.82) is 0 Å². The maximum absolute atomic E-state index is 5.24. The van der Waals surface area contributed by atoms with Crippen molar-refractivity contribution in [2.75, 3.05) is 13.2 Å². The summed E-state index contributed by atoms with van der Waals surface area (Å²) in [4.78, 5) is 0. The van der Waals surface area contributed by atoms with Gasteiger partial charge in [0.25, 0.3) is 0 Å². The number of hydrogen-bond donors (Lipinski definition) is 1. The Bertz CT molecular complexity index is 96.0.